The molecule has 1 aliphatic heterocycles. The van der Waals surface area contributed by atoms with Gasteiger partial charge in [-0.1, -0.05) is 42.0 Å². The molecule has 4 rings (SSSR count). The third-order valence-electron chi connectivity index (χ3n) is 6.23. The average molecular weight is 428 g/mol. The van der Waals surface area contributed by atoms with Crippen LogP contribution in [0.2, 0.25) is 0 Å². The predicted octanol–water partition coefficient (Wildman–Crippen LogP) is 4.80. The van der Waals surface area contributed by atoms with Crippen molar-refractivity contribution >= 4 is 28.9 Å². The normalized spacial score (nSPS) is 16.5. The van der Waals surface area contributed by atoms with E-state index in [-0.39, 0.29) is 18.4 Å². The van der Waals surface area contributed by atoms with E-state index in [1.807, 2.05) is 106 Å². The summed E-state index contributed by atoms with van der Waals surface area (Å²) in [4.78, 5) is 32.7. The molecule has 0 N–H and O–H groups in total. The lowest BCUT2D eigenvalue weighted by Gasteiger charge is -2.41. The van der Waals surface area contributed by atoms with Gasteiger partial charge in [-0.05, 0) is 67.8 Å². The fourth-order valence-corrected chi connectivity index (χ4v) is 4.15. The number of carbonyl (C=O) groups is 2. The van der Waals surface area contributed by atoms with Gasteiger partial charge in [0, 0.05) is 31.2 Å². The van der Waals surface area contributed by atoms with Gasteiger partial charge in [0.05, 0.1) is 0 Å². The van der Waals surface area contributed by atoms with Gasteiger partial charge < -0.3 is 9.80 Å². The highest BCUT2D eigenvalue weighted by Crippen LogP contribution is 2.37. The summed E-state index contributed by atoms with van der Waals surface area (Å²) in [5.74, 6) is -0.201. The quantitative estimate of drug-likeness (QED) is 0.601. The smallest absolute Gasteiger partial charge is 0.255 e. The molecule has 1 fully saturated rings. The highest BCUT2D eigenvalue weighted by molar-refractivity contribution is 6.14. The van der Waals surface area contributed by atoms with Gasteiger partial charge in [-0.2, -0.15) is 0 Å². The number of hydrogen-bond donors (Lipinski definition) is 0. The molecule has 164 valence electrons. The van der Waals surface area contributed by atoms with Gasteiger partial charge in [-0.3, -0.25) is 14.5 Å². The summed E-state index contributed by atoms with van der Waals surface area (Å²) in [5, 5.41) is 0. The molecule has 1 aliphatic rings. The standard InChI is InChI=1S/C27H29N3O2/c1-18-9-13-23(14-10-18)29-17-25(31)30(24-8-6-7-19(2)20(24)3)26(27(29)32)21-11-15-22(16-12-21)28(4)5/h6-16,26H,17H2,1-5H3/t26-/m1/s1. The Morgan fingerprint density at radius 3 is 2.12 bits per heavy atom. The molecule has 2 amide bonds. The Hall–Kier alpha value is -3.60. The zero-order chi connectivity index (χ0) is 23.0. The van der Waals surface area contributed by atoms with Crippen LogP contribution in [0.1, 0.15) is 28.3 Å². The van der Waals surface area contributed by atoms with Crippen molar-refractivity contribution in [3.05, 3.63) is 89.0 Å². The van der Waals surface area contributed by atoms with E-state index < -0.39 is 6.04 Å². The second-order valence-electron chi connectivity index (χ2n) is 8.63. The Kier molecular flexibility index (Phi) is 5.74. The molecule has 5 nitrogen and oxygen atoms in total. The van der Waals surface area contributed by atoms with Gasteiger partial charge >= 0.3 is 0 Å². The molecule has 0 spiro atoms. The summed E-state index contributed by atoms with van der Waals surface area (Å²) < 4.78 is 0. The molecule has 0 radical (unpaired) electrons. The molecule has 1 saturated heterocycles. The van der Waals surface area contributed by atoms with Crippen LogP contribution < -0.4 is 14.7 Å². The van der Waals surface area contributed by atoms with E-state index in [0.717, 1.165) is 39.3 Å². The minimum Gasteiger partial charge on any atom is -0.378 e. The van der Waals surface area contributed by atoms with Crippen LogP contribution in [0.4, 0.5) is 17.1 Å². The van der Waals surface area contributed by atoms with Gasteiger partial charge in [0.15, 0.2) is 0 Å². The van der Waals surface area contributed by atoms with Crippen LogP contribution in [0.3, 0.4) is 0 Å². The molecule has 3 aromatic rings. The fourth-order valence-electron chi connectivity index (χ4n) is 4.15. The van der Waals surface area contributed by atoms with E-state index in [1.54, 1.807) is 9.80 Å². The second kappa shape index (κ2) is 8.50. The number of anilines is 3. The molecule has 32 heavy (non-hydrogen) atoms. The summed E-state index contributed by atoms with van der Waals surface area (Å²) in [6, 6.07) is 20.8. The maximum atomic E-state index is 13.9. The number of aryl methyl sites for hydroxylation is 2. The van der Waals surface area contributed by atoms with Crippen molar-refractivity contribution in [2.45, 2.75) is 26.8 Å². The summed E-state index contributed by atoms with van der Waals surface area (Å²) >= 11 is 0. The summed E-state index contributed by atoms with van der Waals surface area (Å²) in [6.45, 7) is 6.04. The SMILES string of the molecule is Cc1ccc(N2CC(=O)N(c3cccc(C)c3C)[C@H](c3ccc(N(C)C)cc3)C2=O)cc1. The Labute approximate surface area is 189 Å². The van der Waals surface area contributed by atoms with E-state index in [4.69, 9.17) is 0 Å². The molecular formula is C27H29N3O2. The number of amides is 2. The Morgan fingerprint density at radius 2 is 1.50 bits per heavy atom. The molecule has 0 unspecified atom stereocenters. The maximum Gasteiger partial charge on any atom is 0.255 e. The largest absolute Gasteiger partial charge is 0.378 e. The number of rotatable bonds is 4. The summed E-state index contributed by atoms with van der Waals surface area (Å²) in [5.41, 5.74) is 6.57. The van der Waals surface area contributed by atoms with Crippen LogP contribution in [-0.2, 0) is 9.59 Å². The van der Waals surface area contributed by atoms with Gasteiger partial charge in [0.1, 0.15) is 12.6 Å². The van der Waals surface area contributed by atoms with Gasteiger partial charge in [-0.15, -0.1) is 0 Å². The van der Waals surface area contributed by atoms with Crippen molar-refractivity contribution in [3.8, 4) is 0 Å². The lowest BCUT2D eigenvalue weighted by atomic mass is 9.97. The molecule has 0 aromatic heterocycles. The second-order valence-corrected chi connectivity index (χ2v) is 8.63. The maximum absolute atomic E-state index is 13.9. The minimum atomic E-state index is -0.728. The first-order valence-electron chi connectivity index (χ1n) is 10.8. The van der Waals surface area contributed by atoms with Gasteiger partial charge in [0.2, 0.25) is 5.91 Å². The lowest BCUT2D eigenvalue weighted by molar-refractivity contribution is -0.128. The molecule has 0 bridgehead atoms. The Morgan fingerprint density at radius 1 is 0.844 bits per heavy atom. The van der Waals surface area contributed by atoms with Crippen LogP contribution in [-0.4, -0.2) is 32.5 Å². The van der Waals surface area contributed by atoms with Crippen molar-refractivity contribution < 1.29 is 9.59 Å². The van der Waals surface area contributed by atoms with Crippen molar-refractivity contribution in [1.29, 1.82) is 0 Å². The summed E-state index contributed by atoms with van der Waals surface area (Å²) in [7, 11) is 3.96. The third-order valence-corrected chi connectivity index (χ3v) is 6.23. The third kappa shape index (κ3) is 3.86. The Balaban J connectivity index is 1.83. The minimum absolute atomic E-state index is 0.0154. The highest BCUT2D eigenvalue weighted by atomic mass is 16.2. The zero-order valence-corrected chi connectivity index (χ0v) is 19.3. The Bertz CT molecular complexity index is 1150. The number of piperazine rings is 1. The van der Waals surface area contributed by atoms with E-state index in [0.29, 0.717) is 0 Å². The lowest BCUT2D eigenvalue weighted by Crippen LogP contribution is -2.56. The number of carbonyl (C=O) groups excluding carboxylic acids is 2. The van der Waals surface area contributed by atoms with Gasteiger partial charge in [-0.25, -0.2) is 0 Å². The molecule has 0 aliphatic carbocycles. The zero-order valence-electron chi connectivity index (χ0n) is 19.3. The van der Waals surface area contributed by atoms with E-state index in [1.165, 1.54) is 0 Å². The molecule has 0 saturated carbocycles. The first kappa shape index (κ1) is 21.6. The van der Waals surface area contributed by atoms with E-state index >= 15 is 0 Å². The van der Waals surface area contributed by atoms with E-state index in [2.05, 4.69) is 0 Å². The molecule has 5 heteroatoms. The highest BCUT2D eigenvalue weighted by Gasteiger charge is 2.42. The van der Waals surface area contributed by atoms with Crippen molar-refractivity contribution in [3.63, 3.8) is 0 Å². The molecule has 3 aromatic carbocycles. The molecule has 1 heterocycles. The van der Waals surface area contributed by atoms with Crippen LogP contribution >= 0.6 is 0 Å². The van der Waals surface area contributed by atoms with Crippen LogP contribution in [0.5, 0.6) is 0 Å². The number of nitrogens with zero attached hydrogens (tertiary/aromatic N) is 3. The van der Waals surface area contributed by atoms with Gasteiger partial charge in [0.25, 0.3) is 5.91 Å². The van der Waals surface area contributed by atoms with Crippen molar-refractivity contribution in [2.24, 2.45) is 0 Å². The van der Waals surface area contributed by atoms with Crippen LogP contribution in [0, 0.1) is 20.8 Å². The summed E-state index contributed by atoms with van der Waals surface area (Å²) in [6.07, 6.45) is 0. The fraction of sp³-hybridized carbons (Fsp3) is 0.259. The van der Waals surface area contributed by atoms with Crippen molar-refractivity contribution in [1.82, 2.24) is 0 Å². The van der Waals surface area contributed by atoms with Crippen LogP contribution in [0.15, 0.2) is 66.7 Å². The average Bonchev–Trinajstić information content (AvgIpc) is 2.78. The molecular weight excluding hydrogens is 398 g/mol. The first-order chi connectivity index (χ1) is 15.3. The van der Waals surface area contributed by atoms with E-state index in [9.17, 15) is 9.59 Å². The van der Waals surface area contributed by atoms with Crippen molar-refractivity contribution in [2.75, 3.05) is 35.3 Å². The number of benzene rings is 3. The first-order valence-corrected chi connectivity index (χ1v) is 10.8. The topological polar surface area (TPSA) is 43.9 Å². The van der Waals surface area contributed by atoms with Crippen LogP contribution in [0.25, 0.3) is 0 Å². The molecule has 1 atom stereocenters. The number of hydrogen-bond acceptors (Lipinski definition) is 3. The predicted molar refractivity (Wildman–Crippen MR) is 130 cm³/mol. The monoisotopic (exact) mass is 427 g/mol.